The zero-order chi connectivity index (χ0) is 24.1. The number of nitrogens with zero attached hydrogens (tertiary/aromatic N) is 3. The van der Waals surface area contributed by atoms with Crippen molar-refractivity contribution in [1.29, 1.82) is 0 Å². The molecule has 0 amide bonds. The Morgan fingerprint density at radius 3 is 2.39 bits per heavy atom. The molecular weight excluding hydrogens is 450 g/mol. The monoisotopic (exact) mass is 493 g/mol. The summed E-state index contributed by atoms with van der Waals surface area (Å²) in [5.41, 5.74) is 4.71. The molecule has 1 aromatic carbocycles. The smallest absolute Gasteiger partial charge is 0.375 e. The van der Waals surface area contributed by atoms with Crippen LogP contribution in [0.25, 0.3) is 17.2 Å². The van der Waals surface area contributed by atoms with Crippen LogP contribution in [0.3, 0.4) is 0 Å². The molecule has 33 heavy (non-hydrogen) atoms. The van der Waals surface area contributed by atoms with E-state index in [9.17, 15) is 0 Å². The van der Waals surface area contributed by atoms with Gasteiger partial charge in [-0.05, 0) is 25.8 Å². The van der Waals surface area contributed by atoms with Crippen molar-refractivity contribution in [3.05, 3.63) is 73.2 Å². The van der Waals surface area contributed by atoms with E-state index >= 15 is 0 Å². The van der Waals surface area contributed by atoms with Gasteiger partial charge in [0, 0.05) is 75.7 Å². The number of anilines is 1. The Kier molecular flexibility index (Phi) is 15.1. The van der Waals surface area contributed by atoms with Crippen molar-refractivity contribution in [3.8, 4) is 0 Å². The molecule has 0 bridgehead atoms. The van der Waals surface area contributed by atoms with Crippen molar-refractivity contribution in [2.75, 3.05) is 33.1 Å². The minimum atomic E-state index is 0. The van der Waals surface area contributed by atoms with Crippen LogP contribution in [0, 0.1) is 5.92 Å². The van der Waals surface area contributed by atoms with E-state index in [1.807, 2.05) is 58.4 Å². The van der Waals surface area contributed by atoms with E-state index in [4.69, 9.17) is 4.42 Å². The molecule has 0 aliphatic carbocycles. The van der Waals surface area contributed by atoms with Gasteiger partial charge in [-0.2, -0.15) is 4.57 Å². The first-order chi connectivity index (χ1) is 15.3. The molecule has 0 saturated carbocycles. The number of unbranched alkanes of at least 4 members (excludes halogenated alkanes) is 1. The Bertz CT molecular complexity index is 909. The average Bonchev–Trinajstić information content (AvgIpc) is 3.11. The van der Waals surface area contributed by atoms with E-state index in [2.05, 4.69) is 60.7 Å². The molecule has 0 atom stereocenters. The largest absolute Gasteiger partial charge is 0.398 e. The van der Waals surface area contributed by atoms with Crippen LogP contribution >= 0.6 is 0 Å². The van der Waals surface area contributed by atoms with Gasteiger partial charge in [0.1, 0.15) is 0 Å². The summed E-state index contributed by atoms with van der Waals surface area (Å²) in [4.78, 5) is 4.12. The molecule has 0 spiro atoms. The molecule has 4 nitrogen and oxygen atoms in total. The van der Waals surface area contributed by atoms with Crippen LogP contribution in [0.4, 0.5) is 5.69 Å². The van der Waals surface area contributed by atoms with Gasteiger partial charge in [-0.3, -0.25) is 0 Å². The minimum Gasteiger partial charge on any atom is -0.398 e. The molecule has 0 aliphatic rings. The fraction of sp³-hybridized carbons (Fsp3) is 0.429. The van der Waals surface area contributed by atoms with E-state index in [0.29, 0.717) is 0 Å². The number of aryl methyl sites for hydroxylation is 1. The van der Waals surface area contributed by atoms with Crippen LogP contribution in [0.15, 0.2) is 65.8 Å². The topological polar surface area (TPSA) is 23.5 Å². The molecule has 2 rings (SSSR count). The number of aromatic nitrogens is 1. The number of oxazole rings is 1. The van der Waals surface area contributed by atoms with Gasteiger partial charge in [0.25, 0.3) is 5.52 Å². The molecule has 1 heterocycles. The first-order valence-electron chi connectivity index (χ1n) is 11.4. The molecule has 0 aliphatic heterocycles. The maximum absolute atomic E-state index is 6.20. The summed E-state index contributed by atoms with van der Waals surface area (Å²) in [6, 6.07) is 6.43. The van der Waals surface area contributed by atoms with Gasteiger partial charge in [0.05, 0.1) is 6.08 Å². The fourth-order valence-corrected chi connectivity index (χ4v) is 3.27. The van der Waals surface area contributed by atoms with Crippen LogP contribution in [-0.2, 0) is 23.6 Å². The van der Waals surface area contributed by atoms with Gasteiger partial charge < -0.3 is 14.2 Å². The number of hydrogen-bond acceptors (Lipinski definition) is 3. The van der Waals surface area contributed by atoms with Gasteiger partial charge in [0.2, 0.25) is 5.58 Å². The van der Waals surface area contributed by atoms with Crippen LogP contribution < -0.4 is 9.47 Å². The van der Waals surface area contributed by atoms with E-state index in [0.717, 1.165) is 54.9 Å². The van der Waals surface area contributed by atoms with Crippen molar-refractivity contribution < 1.29 is 26.1 Å². The predicted molar refractivity (Wildman–Crippen MR) is 141 cm³/mol. The van der Waals surface area contributed by atoms with Crippen LogP contribution in [0.5, 0.6) is 0 Å². The molecule has 5 heteroatoms. The molecule has 0 radical (unpaired) electrons. The summed E-state index contributed by atoms with van der Waals surface area (Å²) in [5.74, 6) is 2.22. The van der Waals surface area contributed by atoms with Crippen molar-refractivity contribution >= 4 is 22.9 Å². The van der Waals surface area contributed by atoms with Crippen molar-refractivity contribution in [3.63, 3.8) is 0 Å². The third-order valence-corrected chi connectivity index (χ3v) is 5.07. The van der Waals surface area contributed by atoms with Gasteiger partial charge in [-0.25, -0.2) is 18.6 Å². The molecule has 0 fully saturated rings. The summed E-state index contributed by atoms with van der Waals surface area (Å²) < 4.78 is 8.49. The van der Waals surface area contributed by atoms with Crippen molar-refractivity contribution in [2.45, 2.75) is 53.0 Å². The van der Waals surface area contributed by atoms with Crippen LogP contribution in [-0.4, -0.2) is 33.1 Å². The summed E-state index contributed by atoms with van der Waals surface area (Å²) in [6.45, 7) is 14.4. The molecule has 0 unspecified atom stereocenters. The first-order valence-corrected chi connectivity index (χ1v) is 11.4. The second kappa shape index (κ2) is 16.3. The second-order valence-electron chi connectivity index (χ2n) is 8.41. The van der Waals surface area contributed by atoms with Gasteiger partial charge >= 0.3 is 5.89 Å². The normalized spacial score (nSPS) is 10.9. The molecule has 0 saturated heterocycles. The summed E-state index contributed by atoms with van der Waals surface area (Å²) >= 11 is 0. The number of hydrogen-bond donors (Lipinski definition) is 0. The third-order valence-electron chi connectivity index (χ3n) is 5.07. The first kappa shape index (κ1) is 30.6. The number of allylic oxidation sites excluding steroid dienone is 4. The predicted octanol–water partition coefficient (Wildman–Crippen LogP) is 6.80. The summed E-state index contributed by atoms with van der Waals surface area (Å²) in [6.07, 6.45) is 14.5. The van der Waals surface area contributed by atoms with E-state index < -0.39 is 0 Å². The second-order valence-corrected chi connectivity index (χ2v) is 8.41. The quantitative estimate of drug-likeness (QED) is 0.113. The Balaban J connectivity index is 0.00000242. The van der Waals surface area contributed by atoms with Crippen molar-refractivity contribution in [2.24, 2.45) is 0 Å². The molecule has 2 aromatic rings. The maximum atomic E-state index is 6.20. The summed E-state index contributed by atoms with van der Waals surface area (Å²) in [5, 5.41) is 0. The molecule has 0 N–H and O–H groups in total. The van der Waals surface area contributed by atoms with Crippen molar-refractivity contribution in [1.82, 2.24) is 4.90 Å². The van der Waals surface area contributed by atoms with E-state index in [-0.39, 0.29) is 17.1 Å². The van der Waals surface area contributed by atoms with Crippen LogP contribution in [0.1, 0.15) is 52.3 Å². The summed E-state index contributed by atoms with van der Waals surface area (Å²) in [7, 11) is 8.14. The van der Waals surface area contributed by atoms with E-state index in [1.54, 1.807) is 6.08 Å². The minimum absolute atomic E-state index is 0. The number of fused-ring (bicyclic) bond motifs is 1. The average molecular weight is 494 g/mol. The molecule has 1 aromatic heterocycles. The zero-order valence-corrected chi connectivity index (χ0v) is 22.8. The SMILES string of the molecule is C=CC.C=C[C-](C)C/C(=C/CCC[n+]1c(/C=C/N(C)C)oc2cc(N(C)C)ccc21)CC.[Fe]. The van der Waals surface area contributed by atoms with Crippen LogP contribution in [0.2, 0.25) is 0 Å². The maximum Gasteiger partial charge on any atom is 0.375 e. The van der Waals surface area contributed by atoms with Gasteiger partial charge in [-0.15, -0.1) is 13.5 Å². The third kappa shape index (κ3) is 10.4. The Labute approximate surface area is 212 Å². The van der Waals surface area contributed by atoms with E-state index in [1.165, 1.54) is 11.5 Å². The number of benzene rings is 1. The Hall–Kier alpha value is -2.36. The molecular formula is C28H43FeN3O. The standard InChI is InChI=1S/C25H37N3O.C3H6.Fe/c1-8-20(3)18-21(9-2)12-10-11-16-28-23-14-13-22(27(6)7)19-24(23)29-25(28)15-17-26(4)5;1-3-2;/h8,12-15,17,19H,1,9-11,16,18H2,2-7H3;3H,1H2,2H3;/b21-12+;;. The Morgan fingerprint density at radius 1 is 1.18 bits per heavy atom. The molecule has 184 valence electrons. The Morgan fingerprint density at radius 2 is 1.85 bits per heavy atom. The number of rotatable bonds is 11. The van der Waals surface area contributed by atoms with Gasteiger partial charge in [-0.1, -0.05) is 31.1 Å². The fourth-order valence-electron chi connectivity index (χ4n) is 3.27. The van der Waals surface area contributed by atoms with Gasteiger partial charge in [0.15, 0.2) is 6.54 Å². The zero-order valence-electron chi connectivity index (χ0n) is 21.7.